The maximum Gasteiger partial charge on any atom is 0.329 e. The number of likely N-dealkylation sites (tertiary alicyclic amines) is 1. The van der Waals surface area contributed by atoms with Crippen LogP contribution in [0.15, 0.2) is 24.3 Å². The van der Waals surface area contributed by atoms with E-state index in [-0.39, 0.29) is 18.9 Å². The highest BCUT2D eigenvalue weighted by atomic mass is 19.3. The van der Waals surface area contributed by atoms with E-state index in [1.54, 1.807) is 18.2 Å². The molecule has 28 heavy (non-hydrogen) atoms. The van der Waals surface area contributed by atoms with Crippen LogP contribution >= 0.6 is 0 Å². The second-order valence-electron chi connectivity index (χ2n) is 6.65. The van der Waals surface area contributed by atoms with Gasteiger partial charge in [-0.3, -0.25) is 9.59 Å². The van der Waals surface area contributed by atoms with E-state index >= 15 is 0 Å². The van der Waals surface area contributed by atoms with Crippen molar-refractivity contribution in [3.8, 4) is 6.07 Å². The van der Waals surface area contributed by atoms with Gasteiger partial charge in [-0.15, -0.1) is 0 Å². The number of amides is 2. The molecule has 2 rings (SSSR count). The van der Waals surface area contributed by atoms with Crippen LogP contribution in [0.25, 0.3) is 0 Å². The lowest BCUT2D eigenvalue weighted by Gasteiger charge is -2.19. The maximum atomic E-state index is 13.2. The zero-order valence-electron chi connectivity index (χ0n) is 14.9. The Labute approximate surface area is 159 Å². The number of nitrogens with one attached hydrogen (secondary N) is 1. The summed E-state index contributed by atoms with van der Waals surface area (Å²) in [6.07, 6.45) is 0.968. The van der Waals surface area contributed by atoms with E-state index in [2.05, 4.69) is 5.32 Å². The minimum atomic E-state index is -4.25. The number of halogens is 4. The number of nitrogens with zero attached hydrogens (tertiary/aromatic N) is 2. The lowest BCUT2D eigenvalue weighted by Crippen LogP contribution is -2.43. The summed E-state index contributed by atoms with van der Waals surface area (Å²) in [6, 6.07) is 6.94. The highest BCUT2D eigenvalue weighted by Gasteiger charge is 2.64. The summed E-state index contributed by atoms with van der Waals surface area (Å²) in [5.74, 6) is -9.81. The van der Waals surface area contributed by atoms with E-state index in [4.69, 9.17) is 11.0 Å². The minimum Gasteiger partial charge on any atom is -0.352 e. The fourth-order valence-electron chi connectivity index (χ4n) is 2.80. The molecule has 0 aromatic heterocycles. The molecular formula is C18H20F4N4O2. The zero-order valence-corrected chi connectivity index (χ0v) is 14.9. The number of benzene rings is 1. The van der Waals surface area contributed by atoms with Gasteiger partial charge in [0.2, 0.25) is 5.91 Å². The predicted molar refractivity (Wildman–Crippen MR) is 91.8 cm³/mol. The summed E-state index contributed by atoms with van der Waals surface area (Å²) in [6.45, 7) is -2.41. The Morgan fingerprint density at radius 2 is 1.86 bits per heavy atom. The van der Waals surface area contributed by atoms with Gasteiger partial charge in [0.1, 0.15) is 0 Å². The van der Waals surface area contributed by atoms with Gasteiger partial charge >= 0.3 is 11.8 Å². The molecule has 6 nitrogen and oxygen atoms in total. The van der Waals surface area contributed by atoms with Crippen LogP contribution in [0.2, 0.25) is 0 Å². The van der Waals surface area contributed by atoms with Gasteiger partial charge in [0.25, 0.3) is 5.91 Å². The van der Waals surface area contributed by atoms with Crippen molar-refractivity contribution >= 4 is 11.8 Å². The molecular weight excluding hydrogens is 380 g/mol. The monoisotopic (exact) mass is 400 g/mol. The van der Waals surface area contributed by atoms with E-state index in [0.29, 0.717) is 28.9 Å². The number of unbranched alkanes of at least 4 members (excludes halogenated alkanes) is 1. The van der Waals surface area contributed by atoms with Crippen LogP contribution < -0.4 is 11.1 Å². The van der Waals surface area contributed by atoms with Crippen molar-refractivity contribution in [1.82, 2.24) is 10.2 Å². The Morgan fingerprint density at radius 3 is 2.46 bits per heavy atom. The van der Waals surface area contributed by atoms with Crippen molar-refractivity contribution < 1.29 is 27.2 Å². The first kappa shape index (κ1) is 21.6. The van der Waals surface area contributed by atoms with E-state index in [1.165, 1.54) is 6.07 Å². The normalized spacial score (nSPS) is 18.4. The van der Waals surface area contributed by atoms with Crippen molar-refractivity contribution in [3.05, 3.63) is 35.4 Å². The van der Waals surface area contributed by atoms with Crippen LogP contribution in [0.3, 0.4) is 0 Å². The van der Waals surface area contributed by atoms with Gasteiger partial charge in [0, 0.05) is 12.1 Å². The number of alkyl halides is 4. The molecule has 1 saturated heterocycles. The van der Waals surface area contributed by atoms with E-state index < -0.39 is 36.9 Å². The Hall–Kier alpha value is -2.67. The quantitative estimate of drug-likeness (QED) is 0.539. The van der Waals surface area contributed by atoms with Crippen LogP contribution in [0.5, 0.6) is 0 Å². The van der Waals surface area contributed by atoms with Gasteiger partial charge < -0.3 is 16.0 Å². The summed E-state index contributed by atoms with van der Waals surface area (Å²) in [5.41, 5.74) is 6.33. The molecule has 3 N–H and O–H groups in total. The fourth-order valence-corrected chi connectivity index (χ4v) is 2.80. The second kappa shape index (κ2) is 8.56. The van der Waals surface area contributed by atoms with Crippen molar-refractivity contribution in [2.75, 3.05) is 19.6 Å². The Kier molecular flexibility index (Phi) is 6.61. The molecule has 152 valence electrons. The molecule has 1 aliphatic rings. The molecule has 2 amide bonds. The lowest BCUT2D eigenvalue weighted by molar-refractivity contribution is -0.172. The summed E-state index contributed by atoms with van der Waals surface area (Å²) >= 11 is 0. The molecule has 0 spiro atoms. The molecule has 1 aliphatic heterocycles. The standard InChI is InChI=1S/C18H20F4N4O2/c19-17(20)10-26(11-18(17,21)22)16(28)14(24)6-1-2-7-25-15(27)13-5-3-4-12(8-13)9-23/h3-5,8,14H,1-2,6-7,10-11,24H2,(H,25,27). The minimum absolute atomic E-state index is 0.117. The average molecular weight is 400 g/mol. The Morgan fingerprint density at radius 1 is 1.21 bits per heavy atom. The van der Waals surface area contributed by atoms with Crippen LogP contribution in [0.1, 0.15) is 35.2 Å². The molecule has 0 bridgehead atoms. The average Bonchev–Trinajstić information content (AvgIpc) is 2.87. The zero-order chi connectivity index (χ0) is 20.9. The SMILES string of the molecule is N#Cc1cccc(C(=O)NCCCCC(N)C(=O)N2CC(F)(F)C(F)(F)C2)c1. The first-order chi connectivity index (χ1) is 13.1. The first-order valence-corrected chi connectivity index (χ1v) is 8.66. The summed E-state index contributed by atoms with van der Waals surface area (Å²) in [5, 5.41) is 11.5. The molecule has 0 radical (unpaired) electrons. The first-order valence-electron chi connectivity index (χ1n) is 8.66. The molecule has 10 heteroatoms. The number of rotatable bonds is 7. The van der Waals surface area contributed by atoms with Crippen molar-refractivity contribution in [2.24, 2.45) is 5.73 Å². The predicted octanol–water partition coefficient (Wildman–Crippen LogP) is 1.90. The maximum absolute atomic E-state index is 13.2. The van der Waals surface area contributed by atoms with Gasteiger partial charge in [-0.1, -0.05) is 6.07 Å². The summed E-state index contributed by atoms with van der Waals surface area (Å²) < 4.78 is 52.7. The van der Waals surface area contributed by atoms with E-state index in [0.717, 1.165) is 0 Å². The van der Waals surface area contributed by atoms with Gasteiger partial charge in [-0.2, -0.15) is 22.8 Å². The van der Waals surface area contributed by atoms with Gasteiger partial charge in [0.05, 0.1) is 30.8 Å². The van der Waals surface area contributed by atoms with Crippen LogP contribution in [-0.4, -0.2) is 54.2 Å². The lowest BCUT2D eigenvalue weighted by atomic mass is 10.1. The van der Waals surface area contributed by atoms with E-state index in [9.17, 15) is 27.2 Å². The molecule has 1 atom stereocenters. The summed E-state index contributed by atoms with van der Waals surface area (Å²) in [7, 11) is 0. The second-order valence-corrected chi connectivity index (χ2v) is 6.65. The van der Waals surface area contributed by atoms with Crippen LogP contribution in [0.4, 0.5) is 17.6 Å². The number of hydrogen-bond donors (Lipinski definition) is 2. The molecule has 1 aromatic carbocycles. The molecule has 1 fully saturated rings. The third-order valence-corrected chi connectivity index (χ3v) is 4.42. The summed E-state index contributed by atoms with van der Waals surface area (Å²) in [4.78, 5) is 24.3. The van der Waals surface area contributed by atoms with Gasteiger partial charge in [0.15, 0.2) is 0 Å². The smallest absolute Gasteiger partial charge is 0.329 e. The molecule has 1 heterocycles. The van der Waals surface area contributed by atoms with Crippen molar-refractivity contribution in [1.29, 1.82) is 5.26 Å². The third-order valence-electron chi connectivity index (χ3n) is 4.42. The van der Waals surface area contributed by atoms with Crippen LogP contribution in [0, 0.1) is 11.3 Å². The molecule has 1 unspecified atom stereocenters. The highest BCUT2D eigenvalue weighted by Crippen LogP contribution is 2.41. The Balaban J connectivity index is 1.71. The fraction of sp³-hybridized carbons (Fsp3) is 0.500. The van der Waals surface area contributed by atoms with Crippen LogP contribution in [-0.2, 0) is 4.79 Å². The topological polar surface area (TPSA) is 99.2 Å². The number of hydrogen-bond acceptors (Lipinski definition) is 4. The number of carbonyl (C=O) groups excluding carboxylic acids is 2. The van der Waals surface area contributed by atoms with Crippen molar-refractivity contribution in [3.63, 3.8) is 0 Å². The number of nitrogens with two attached hydrogens (primary N) is 1. The third kappa shape index (κ3) is 4.98. The number of carbonyl (C=O) groups is 2. The van der Waals surface area contributed by atoms with Crippen molar-refractivity contribution in [2.45, 2.75) is 37.1 Å². The van der Waals surface area contributed by atoms with E-state index in [1.807, 2.05) is 6.07 Å². The Bertz CT molecular complexity index is 763. The van der Waals surface area contributed by atoms with Gasteiger partial charge in [-0.05, 0) is 37.5 Å². The molecule has 0 aliphatic carbocycles. The van der Waals surface area contributed by atoms with Gasteiger partial charge in [-0.25, -0.2) is 0 Å². The molecule has 1 aromatic rings. The highest BCUT2D eigenvalue weighted by molar-refractivity contribution is 5.94. The number of nitriles is 1. The largest absolute Gasteiger partial charge is 0.352 e. The molecule has 0 saturated carbocycles.